The molecule has 1 amide bonds. The number of carbonyl (C=O) groups excluding carboxylic acids is 1. The smallest absolute Gasteiger partial charge is 0.387 e. The summed E-state index contributed by atoms with van der Waals surface area (Å²) in [6, 6.07) is 5.92. The first kappa shape index (κ1) is 17.0. The number of nitrogens with zero attached hydrogens (tertiary/aromatic N) is 2. The van der Waals surface area contributed by atoms with Gasteiger partial charge in [-0.25, -0.2) is 13.6 Å². The lowest BCUT2D eigenvalue weighted by Gasteiger charge is -2.14. The van der Waals surface area contributed by atoms with Gasteiger partial charge >= 0.3 is 5.76 Å². The Labute approximate surface area is 144 Å². The number of hydrogen-bond donors (Lipinski definition) is 1. The van der Waals surface area contributed by atoms with Crippen molar-refractivity contribution in [3.05, 3.63) is 63.5 Å². The standard InChI is InChI=1S/C16H13F2N3O3S/c1-9(11-5-4-10(17)7-12(11)18)19-14(22)8-21-16(23)24-15(20-21)13-3-2-6-25-13/h2-7,9H,8H2,1H3,(H,19,22)/t9-/m1/s1. The average Bonchev–Trinajstić information content (AvgIpc) is 3.17. The lowest BCUT2D eigenvalue weighted by molar-refractivity contribution is -0.122. The Balaban J connectivity index is 1.69. The molecule has 25 heavy (non-hydrogen) atoms. The molecule has 130 valence electrons. The van der Waals surface area contributed by atoms with Gasteiger partial charge in [-0.3, -0.25) is 4.79 Å². The Bertz CT molecular complexity index is 950. The predicted molar refractivity (Wildman–Crippen MR) is 87.0 cm³/mol. The molecule has 6 nitrogen and oxygen atoms in total. The Morgan fingerprint density at radius 2 is 2.20 bits per heavy atom. The van der Waals surface area contributed by atoms with Gasteiger partial charge in [-0.1, -0.05) is 12.1 Å². The molecule has 2 aromatic heterocycles. The predicted octanol–water partition coefficient (Wildman–Crippen LogP) is 2.72. The Morgan fingerprint density at radius 1 is 1.40 bits per heavy atom. The van der Waals surface area contributed by atoms with E-state index in [9.17, 15) is 18.4 Å². The molecule has 0 aliphatic heterocycles. The fraction of sp³-hybridized carbons (Fsp3) is 0.188. The summed E-state index contributed by atoms with van der Waals surface area (Å²) in [5, 5.41) is 8.31. The zero-order valence-electron chi connectivity index (χ0n) is 13.0. The van der Waals surface area contributed by atoms with E-state index in [0.29, 0.717) is 4.88 Å². The summed E-state index contributed by atoms with van der Waals surface area (Å²) < 4.78 is 32.6. The zero-order valence-corrected chi connectivity index (χ0v) is 13.8. The molecule has 0 saturated carbocycles. The quantitative estimate of drug-likeness (QED) is 0.754. The third kappa shape index (κ3) is 3.82. The first-order valence-electron chi connectivity index (χ1n) is 7.30. The minimum atomic E-state index is -0.765. The Kier molecular flexibility index (Phi) is 4.75. The largest absolute Gasteiger partial charge is 0.437 e. The Hall–Kier alpha value is -2.81. The Morgan fingerprint density at radius 3 is 2.88 bits per heavy atom. The fourth-order valence-electron chi connectivity index (χ4n) is 2.26. The van der Waals surface area contributed by atoms with Crippen LogP contribution in [0.4, 0.5) is 8.78 Å². The molecule has 0 fully saturated rings. The molecule has 0 bridgehead atoms. The SMILES string of the molecule is C[C@@H](NC(=O)Cn1nc(-c2cccs2)oc1=O)c1ccc(F)cc1F. The van der Waals surface area contributed by atoms with Crippen molar-refractivity contribution in [1.82, 2.24) is 15.1 Å². The first-order valence-corrected chi connectivity index (χ1v) is 8.18. The van der Waals surface area contributed by atoms with Crippen molar-refractivity contribution < 1.29 is 18.0 Å². The number of hydrogen-bond acceptors (Lipinski definition) is 5. The molecule has 0 saturated heterocycles. The van der Waals surface area contributed by atoms with Gasteiger partial charge in [-0.05, 0) is 24.4 Å². The highest BCUT2D eigenvalue weighted by Gasteiger charge is 2.17. The van der Waals surface area contributed by atoms with Crippen LogP contribution >= 0.6 is 11.3 Å². The molecule has 0 aliphatic carbocycles. The van der Waals surface area contributed by atoms with E-state index < -0.39 is 29.3 Å². The van der Waals surface area contributed by atoms with Gasteiger partial charge in [0.2, 0.25) is 5.91 Å². The van der Waals surface area contributed by atoms with E-state index in [-0.39, 0.29) is 18.0 Å². The van der Waals surface area contributed by atoms with E-state index in [4.69, 9.17) is 4.42 Å². The van der Waals surface area contributed by atoms with Gasteiger partial charge in [0.1, 0.15) is 18.2 Å². The maximum atomic E-state index is 13.7. The lowest BCUT2D eigenvalue weighted by atomic mass is 10.1. The van der Waals surface area contributed by atoms with Crippen LogP contribution in [-0.4, -0.2) is 15.7 Å². The number of halogens is 2. The topological polar surface area (TPSA) is 77.1 Å². The summed E-state index contributed by atoms with van der Waals surface area (Å²) in [4.78, 5) is 24.5. The molecular weight excluding hydrogens is 352 g/mol. The van der Waals surface area contributed by atoms with Crippen molar-refractivity contribution in [1.29, 1.82) is 0 Å². The van der Waals surface area contributed by atoms with Gasteiger partial charge in [0.05, 0.1) is 10.9 Å². The summed E-state index contributed by atoms with van der Waals surface area (Å²) in [6.07, 6.45) is 0. The van der Waals surface area contributed by atoms with Crippen molar-refractivity contribution in [2.45, 2.75) is 19.5 Å². The summed E-state index contributed by atoms with van der Waals surface area (Å²) in [5.41, 5.74) is 0.140. The highest BCUT2D eigenvalue weighted by Crippen LogP contribution is 2.21. The van der Waals surface area contributed by atoms with Crippen LogP contribution in [0, 0.1) is 11.6 Å². The lowest BCUT2D eigenvalue weighted by Crippen LogP contribution is -2.33. The summed E-state index contributed by atoms with van der Waals surface area (Å²) in [5.74, 6) is -2.64. The second-order valence-corrected chi connectivity index (χ2v) is 6.21. The van der Waals surface area contributed by atoms with Crippen LogP contribution in [0.15, 0.2) is 44.9 Å². The highest BCUT2D eigenvalue weighted by molar-refractivity contribution is 7.13. The summed E-state index contributed by atoms with van der Waals surface area (Å²) in [7, 11) is 0. The maximum absolute atomic E-state index is 13.7. The minimum absolute atomic E-state index is 0.130. The van der Waals surface area contributed by atoms with Crippen LogP contribution in [0.3, 0.4) is 0 Å². The normalized spacial score (nSPS) is 12.1. The van der Waals surface area contributed by atoms with E-state index in [1.807, 2.05) is 0 Å². The molecule has 3 rings (SSSR count). The van der Waals surface area contributed by atoms with Crippen LogP contribution in [0.2, 0.25) is 0 Å². The number of amides is 1. The van der Waals surface area contributed by atoms with Crippen molar-refractivity contribution in [2.75, 3.05) is 0 Å². The molecule has 0 aliphatic rings. The van der Waals surface area contributed by atoms with Crippen molar-refractivity contribution in [3.63, 3.8) is 0 Å². The van der Waals surface area contributed by atoms with Crippen molar-refractivity contribution in [2.24, 2.45) is 0 Å². The number of rotatable bonds is 5. The molecule has 1 N–H and O–H groups in total. The second kappa shape index (κ2) is 6.98. The number of thiophene rings is 1. The number of aromatic nitrogens is 2. The highest BCUT2D eigenvalue weighted by atomic mass is 32.1. The first-order chi connectivity index (χ1) is 11.9. The summed E-state index contributed by atoms with van der Waals surface area (Å²) >= 11 is 1.35. The third-order valence-electron chi connectivity index (χ3n) is 3.44. The van der Waals surface area contributed by atoms with Crippen molar-refractivity contribution in [3.8, 4) is 10.8 Å². The number of benzene rings is 1. The van der Waals surface area contributed by atoms with Gasteiger partial charge in [0.15, 0.2) is 0 Å². The molecule has 1 aromatic carbocycles. The average molecular weight is 365 g/mol. The molecule has 0 unspecified atom stereocenters. The second-order valence-electron chi connectivity index (χ2n) is 5.26. The van der Waals surface area contributed by atoms with Gasteiger partial charge in [0.25, 0.3) is 5.89 Å². The summed E-state index contributed by atoms with van der Waals surface area (Å²) in [6.45, 7) is 1.18. The van der Waals surface area contributed by atoms with E-state index >= 15 is 0 Å². The number of nitrogens with one attached hydrogen (secondary N) is 1. The van der Waals surface area contributed by atoms with Gasteiger partial charge in [0, 0.05) is 11.6 Å². The van der Waals surface area contributed by atoms with Crippen LogP contribution in [-0.2, 0) is 11.3 Å². The van der Waals surface area contributed by atoms with Crippen LogP contribution in [0.5, 0.6) is 0 Å². The third-order valence-corrected chi connectivity index (χ3v) is 4.30. The van der Waals surface area contributed by atoms with E-state index in [1.54, 1.807) is 24.4 Å². The maximum Gasteiger partial charge on any atom is 0.437 e. The zero-order chi connectivity index (χ0) is 18.0. The fourth-order valence-corrected chi connectivity index (χ4v) is 2.90. The van der Waals surface area contributed by atoms with Crippen molar-refractivity contribution >= 4 is 17.2 Å². The monoisotopic (exact) mass is 365 g/mol. The van der Waals surface area contributed by atoms with E-state index in [0.717, 1.165) is 16.8 Å². The molecule has 1 atom stereocenters. The van der Waals surface area contributed by atoms with Gasteiger partial charge < -0.3 is 9.73 Å². The van der Waals surface area contributed by atoms with Gasteiger partial charge in [-0.2, -0.15) is 4.68 Å². The van der Waals surface area contributed by atoms with Gasteiger partial charge in [-0.15, -0.1) is 16.4 Å². The van der Waals surface area contributed by atoms with E-state index in [1.165, 1.54) is 17.4 Å². The van der Waals surface area contributed by atoms with E-state index in [2.05, 4.69) is 10.4 Å². The molecule has 0 radical (unpaired) electrons. The molecular formula is C16H13F2N3O3S. The number of carbonyl (C=O) groups is 1. The van der Waals surface area contributed by atoms with Crippen LogP contribution in [0.25, 0.3) is 10.8 Å². The minimum Gasteiger partial charge on any atom is -0.387 e. The van der Waals surface area contributed by atoms with Crippen LogP contribution in [0.1, 0.15) is 18.5 Å². The molecule has 2 heterocycles. The molecule has 0 spiro atoms. The van der Waals surface area contributed by atoms with Crippen LogP contribution < -0.4 is 11.1 Å². The molecule has 9 heteroatoms. The molecule has 3 aromatic rings.